The fraction of sp³-hybridized carbons (Fsp3) is 0.421. The van der Waals surface area contributed by atoms with Crippen LogP contribution in [0.2, 0.25) is 0 Å². The highest BCUT2D eigenvalue weighted by Crippen LogP contribution is 2.27. The molecule has 1 fully saturated rings. The predicted octanol–water partition coefficient (Wildman–Crippen LogP) is 3.44. The first-order valence-electron chi connectivity index (χ1n) is 9.60. The first-order chi connectivity index (χ1) is 14.7. The third kappa shape index (κ3) is 4.67. The summed E-state index contributed by atoms with van der Waals surface area (Å²) in [6.45, 7) is 4.66. The van der Waals surface area contributed by atoms with Crippen LogP contribution < -0.4 is 4.74 Å². The highest BCUT2D eigenvalue weighted by Gasteiger charge is 2.32. The maximum Gasteiger partial charge on any atom is 0.573 e. The molecule has 0 saturated carbocycles. The maximum absolute atomic E-state index is 12.7. The number of benzene rings is 1. The summed E-state index contributed by atoms with van der Waals surface area (Å²) in [4.78, 5) is 18.6. The van der Waals surface area contributed by atoms with E-state index in [9.17, 15) is 18.0 Å². The van der Waals surface area contributed by atoms with Crippen molar-refractivity contribution in [3.8, 4) is 17.3 Å². The second kappa shape index (κ2) is 8.00. The van der Waals surface area contributed by atoms with Gasteiger partial charge in [-0.2, -0.15) is 4.98 Å². The van der Waals surface area contributed by atoms with Gasteiger partial charge < -0.3 is 14.2 Å². The molecule has 9 nitrogen and oxygen atoms in total. The molecular formula is C19H19F3N6O3. The van der Waals surface area contributed by atoms with Crippen LogP contribution in [0.15, 0.2) is 35.0 Å². The summed E-state index contributed by atoms with van der Waals surface area (Å²) < 4.78 is 48.0. The summed E-state index contributed by atoms with van der Waals surface area (Å²) in [5, 5.41) is 12.1. The monoisotopic (exact) mass is 436 g/mol. The highest BCUT2D eigenvalue weighted by molar-refractivity contribution is 5.94. The van der Waals surface area contributed by atoms with Gasteiger partial charge in [0.1, 0.15) is 5.75 Å². The van der Waals surface area contributed by atoms with E-state index in [0.717, 1.165) is 12.1 Å². The van der Waals surface area contributed by atoms with E-state index in [1.165, 1.54) is 12.1 Å². The van der Waals surface area contributed by atoms with E-state index in [1.807, 2.05) is 13.8 Å². The fourth-order valence-corrected chi connectivity index (χ4v) is 3.28. The number of halogens is 3. The second-order valence-corrected chi connectivity index (χ2v) is 7.47. The number of rotatable bonds is 5. The Morgan fingerprint density at radius 3 is 2.84 bits per heavy atom. The molecule has 0 N–H and O–H groups in total. The molecule has 1 atom stereocenters. The van der Waals surface area contributed by atoms with Crippen molar-refractivity contribution in [2.75, 3.05) is 13.1 Å². The standard InChI is InChI=1S/C19H19F3N6O3/c1-11(2)16-23-17(31-25-16)15-10-28(26-24-15)13-6-7-27(9-13)18(29)12-4-3-5-14(8-12)30-19(20,21)22/h3-5,8,10-11,13H,6-7,9H2,1-2H3/t13-/m0/s1. The van der Waals surface area contributed by atoms with Gasteiger partial charge in [-0.3, -0.25) is 4.79 Å². The van der Waals surface area contributed by atoms with Gasteiger partial charge in [0.15, 0.2) is 11.5 Å². The second-order valence-electron chi connectivity index (χ2n) is 7.47. The van der Waals surface area contributed by atoms with Crippen molar-refractivity contribution in [1.29, 1.82) is 0 Å². The van der Waals surface area contributed by atoms with Crippen LogP contribution >= 0.6 is 0 Å². The summed E-state index contributed by atoms with van der Waals surface area (Å²) in [6.07, 6.45) is -2.53. The smallest absolute Gasteiger partial charge is 0.406 e. The van der Waals surface area contributed by atoms with Crippen LogP contribution in [0.5, 0.6) is 5.75 Å². The molecule has 1 aliphatic rings. The molecule has 164 valence electrons. The van der Waals surface area contributed by atoms with E-state index in [1.54, 1.807) is 15.8 Å². The number of likely N-dealkylation sites (tertiary alicyclic amines) is 1. The number of hydrogen-bond acceptors (Lipinski definition) is 7. The number of amides is 1. The number of aromatic nitrogens is 5. The number of nitrogens with zero attached hydrogens (tertiary/aromatic N) is 6. The molecule has 0 radical (unpaired) electrons. The van der Waals surface area contributed by atoms with Crippen molar-refractivity contribution in [3.63, 3.8) is 0 Å². The Hall–Kier alpha value is -3.44. The SMILES string of the molecule is CC(C)c1noc(-c2cn([C@H]3CCN(C(=O)c4cccc(OC(F)(F)F)c4)C3)nn2)n1. The molecule has 1 aliphatic heterocycles. The predicted molar refractivity (Wildman–Crippen MR) is 100 cm³/mol. The molecule has 0 unspecified atom stereocenters. The Balaban J connectivity index is 1.43. The van der Waals surface area contributed by atoms with E-state index in [-0.39, 0.29) is 29.3 Å². The normalized spacial score (nSPS) is 16.8. The molecular weight excluding hydrogens is 417 g/mol. The summed E-state index contributed by atoms with van der Waals surface area (Å²) in [5.74, 6) is 0.132. The molecule has 4 rings (SSSR count). The van der Waals surface area contributed by atoms with Gasteiger partial charge in [0.25, 0.3) is 11.8 Å². The third-order valence-corrected chi connectivity index (χ3v) is 4.83. The van der Waals surface area contributed by atoms with E-state index in [2.05, 4.69) is 25.2 Å². The van der Waals surface area contributed by atoms with Crippen LogP contribution in [-0.2, 0) is 0 Å². The minimum atomic E-state index is -4.82. The lowest BCUT2D eigenvalue weighted by Gasteiger charge is -2.17. The van der Waals surface area contributed by atoms with E-state index in [4.69, 9.17) is 4.52 Å². The molecule has 1 aromatic carbocycles. The molecule has 0 bridgehead atoms. The molecule has 12 heteroatoms. The first kappa shape index (κ1) is 20.8. The van der Waals surface area contributed by atoms with Crippen molar-refractivity contribution in [2.24, 2.45) is 0 Å². The van der Waals surface area contributed by atoms with Gasteiger partial charge >= 0.3 is 6.36 Å². The van der Waals surface area contributed by atoms with Crippen LogP contribution in [0.3, 0.4) is 0 Å². The molecule has 0 aliphatic carbocycles. The van der Waals surface area contributed by atoms with E-state index in [0.29, 0.717) is 31.0 Å². The topological polar surface area (TPSA) is 99.2 Å². The van der Waals surface area contributed by atoms with Crippen molar-refractivity contribution >= 4 is 5.91 Å². The Labute approximate surface area is 174 Å². The molecule has 0 spiro atoms. The minimum absolute atomic E-state index is 0.113. The van der Waals surface area contributed by atoms with Crippen LogP contribution in [0.4, 0.5) is 13.2 Å². The number of carbonyl (C=O) groups is 1. The van der Waals surface area contributed by atoms with Gasteiger partial charge in [0.2, 0.25) is 0 Å². The lowest BCUT2D eigenvalue weighted by Crippen LogP contribution is -2.29. The van der Waals surface area contributed by atoms with E-state index < -0.39 is 12.1 Å². The Morgan fingerprint density at radius 2 is 2.13 bits per heavy atom. The largest absolute Gasteiger partial charge is 0.573 e. The van der Waals surface area contributed by atoms with Crippen molar-refractivity contribution in [1.82, 2.24) is 30.0 Å². The summed E-state index contributed by atoms with van der Waals surface area (Å²) in [7, 11) is 0. The maximum atomic E-state index is 12.7. The summed E-state index contributed by atoms with van der Waals surface area (Å²) in [6, 6.07) is 4.90. The molecule has 1 saturated heterocycles. The van der Waals surface area contributed by atoms with Crippen LogP contribution in [-0.4, -0.2) is 55.4 Å². The Kier molecular flexibility index (Phi) is 5.38. The summed E-state index contributed by atoms with van der Waals surface area (Å²) >= 11 is 0. The van der Waals surface area contributed by atoms with Gasteiger partial charge in [-0.1, -0.05) is 30.3 Å². The van der Waals surface area contributed by atoms with Gasteiger partial charge in [-0.25, -0.2) is 4.68 Å². The molecule has 3 aromatic rings. The van der Waals surface area contributed by atoms with Crippen LogP contribution in [0.25, 0.3) is 11.6 Å². The Bertz CT molecular complexity index is 1080. The van der Waals surface area contributed by atoms with E-state index >= 15 is 0 Å². The van der Waals surface area contributed by atoms with Gasteiger partial charge in [-0.15, -0.1) is 18.3 Å². The Morgan fingerprint density at radius 1 is 1.32 bits per heavy atom. The highest BCUT2D eigenvalue weighted by atomic mass is 19.4. The zero-order chi connectivity index (χ0) is 22.2. The zero-order valence-corrected chi connectivity index (χ0v) is 16.7. The number of alkyl halides is 3. The van der Waals surface area contributed by atoms with Crippen molar-refractivity contribution in [2.45, 2.75) is 38.6 Å². The minimum Gasteiger partial charge on any atom is -0.406 e. The molecule has 3 heterocycles. The average Bonchev–Trinajstić information content (AvgIpc) is 3.45. The molecule has 31 heavy (non-hydrogen) atoms. The molecule has 1 amide bonds. The number of ether oxygens (including phenoxy) is 1. The van der Waals surface area contributed by atoms with Gasteiger partial charge in [-0.05, 0) is 24.6 Å². The van der Waals surface area contributed by atoms with Crippen molar-refractivity contribution < 1.29 is 27.2 Å². The third-order valence-electron chi connectivity index (χ3n) is 4.83. The van der Waals surface area contributed by atoms with Gasteiger partial charge in [0, 0.05) is 24.6 Å². The molecule has 2 aromatic heterocycles. The first-order valence-corrected chi connectivity index (χ1v) is 9.60. The van der Waals surface area contributed by atoms with Gasteiger partial charge in [0.05, 0.1) is 12.2 Å². The van der Waals surface area contributed by atoms with Crippen LogP contribution in [0, 0.1) is 0 Å². The lowest BCUT2D eigenvalue weighted by molar-refractivity contribution is -0.274. The number of carbonyl (C=O) groups excluding carboxylic acids is 1. The lowest BCUT2D eigenvalue weighted by atomic mass is 10.2. The summed E-state index contributed by atoms with van der Waals surface area (Å²) in [5.41, 5.74) is 0.551. The number of hydrogen-bond donors (Lipinski definition) is 0. The fourth-order valence-electron chi connectivity index (χ4n) is 3.28. The van der Waals surface area contributed by atoms with Crippen molar-refractivity contribution in [3.05, 3.63) is 41.9 Å². The zero-order valence-electron chi connectivity index (χ0n) is 16.7. The quantitative estimate of drug-likeness (QED) is 0.604. The van der Waals surface area contributed by atoms with Crippen LogP contribution in [0.1, 0.15) is 48.4 Å². The average molecular weight is 436 g/mol.